The van der Waals surface area contributed by atoms with E-state index in [1.165, 1.54) is 8.66 Å². The summed E-state index contributed by atoms with van der Waals surface area (Å²) < 4.78 is 1.17. The maximum Gasteiger partial charge on any atom is 0.237 e. The predicted molar refractivity (Wildman–Crippen MR) is 74.6 cm³/mol. The van der Waals surface area contributed by atoms with Gasteiger partial charge in [0.1, 0.15) is 5.88 Å². The quantitative estimate of drug-likeness (QED) is 0.791. The number of rotatable bonds is 3. The fraction of sp³-hybridized carbons (Fsp3) is 0.545. The van der Waals surface area contributed by atoms with Crippen LogP contribution in [-0.2, 0) is 11.3 Å². The molecule has 1 aliphatic heterocycles. The van der Waals surface area contributed by atoms with Gasteiger partial charge in [-0.15, -0.1) is 22.9 Å². The number of carbonyl (C=O) groups is 1. The molecule has 1 aromatic rings. The van der Waals surface area contributed by atoms with Crippen LogP contribution in [0.1, 0.15) is 4.88 Å². The summed E-state index contributed by atoms with van der Waals surface area (Å²) in [6.45, 7) is 4.41. The van der Waals surface area contributed by atoms with E-state index < -0.39 is 0 Å². The maximum absolute atomic E-state index is 11.4. The van der Waals surface area contributed by atoms with Crippen molar-refractivity contribution in [3.8, 4) is 0 Å². The summed E-state index contributed by atoms with van der Waals surface area (Å²) in [4.78, 5) is 17.0. The summed E-state index contributed by atoms with van der Waals surface area (Å²) in [6, 6.07) is 4.22. The summed E-state index contributed by atoms with van der Waals surface area (Å²) in [5.41, 5.74) is 0. The minimum atomic E-state index is 0.0465. The molecule has 1 fully saturated rings. The van der Waals surface area contributed by atoms with Crippen LogP contribution in [0.4, 0.5) is 0 Å². The molecule has 0 spiro atoms. The van der Waals surface area contributed by atoms with Crippen LogP contribution in [0.3, 0.4) is 0 Å². The van der Waals surface area contributed by atoms with Gasteiger partial charge in [-0.25, -0.2) is 0 Å². The highest BCUT2D eigenvalue weighted by Gasteiger charge is 2.20. The molecular weight excluding hydrogens is 324 g/mol. The monoisotopic (exact) mass is 336 g/mol. The third-order valence-corrected chi connectivity index (χ3v) is 4.68. The second kappa shape index (κ2) is 6.18. The predicted octanol–water partition coefficient (Wildman–Crippen LogP) is 2.39. The van der Waals surface area contributed by atoms with Gasteiger partial charge in [-0.3, -0.25) is 9.69 Å². The van der Waals surface area contributed by atoms with Crippen LogP contribution in [0.2, 0.25) is 0 Å². The summed E-state index contributed by atoms with van der Waals surface area (Å²) in [6.07, 6.45) is 0. The van der Waals surface area contributed by atoms with Gasteiger partial charge in [0.15, 0.2) is 0 Å². The summed E-state index contributed by atoms with van der Waals surface area (Å²) in [5.74, 6) is 0.142. The zero-order valence-corrected chi connectivity index (χ0v) is 12.5. The van der Waals surface area contributed by atoms with E-state index in [4.69, 9.17) is 11.6 Å². The highest BCUT2D eigenvalue weighted by atomic mass is 79.9. The lowest BCUT2D eigenvalue weighted by Crippen LogP contribution is -2.48. The fourth-order valence-corrected chi connectivity index (χ4v) is 3.59. The van der Waals surface area contributed by atoms with Crippen LogP contribution in [0.15, 0.2) is 15.9 Å². The Hall–Kier alpha value is -0.100. The molecule has 0 N–H and O–H groups in total. The molecule has 1 amide bonds. The SMILES string of the molecule is O=C(CCl)N1CCN(Cc2ccc(Br)s2)CC1. The van der Waals surface area contributed by atoms with Crippen molar-refractivity contribution < 1.29 is 4.79 Å². The number of nitrogens with zero attached hydrogens (tertiary/aromatic N) is 2. The second-order valence-electron chi connectivity index (χ2n) is 4.00. The Kier molecular flexibility index (Phi) is 4.85. The Labute approximate surface area is 118 Å². The van der Waals surface area contributed by atoms with E-state index in [0.717, 1.165) is 32.7 Å². The van der Waals surface area contributed by atoms with Crippen molar-refractivity contribution >= 4 is 44.8 Å². The normalized spacial score (nSPS) is 17.4. The molecule has 1 aromatic heterocycles. The second-order valence-corrected chi connectivity index (χ2v) is 6.81. The van der Waals surface area contributed by atoms with Crippen molar-refractivity contribution in [1.82, 2.24) is 9.80 Å². The average Bonchev–Trinajstić information content (AvgIpc) is 2.75. The number of amides is 1. The van der Waals surface area contributed by atoms with Crippen molar-refractivity contribution in [1.29, 1.82) is 0 Å². The number of hydrogen-bond donors (Lipinski definition) is 0. The molecule has 2 heterocycles. The standard InChI is InChI=1S/C11H14BrClN2OS/c12-10-2-1-9(17-10)8-14-3-5-15(6-4-14)11(16)7-13/h1-2H,3-8H2. The van der Waals surface area contributed by atoms with Crippen LogP contribution in [0, 0.1) is 0 Å². The van der Waals surface area contributed by atoms with Gasteiger partial charge in [0, 0.05) is 37.6 Å². The third-order valence-electron chi connectivity index (χ3n) is 2.85. The highest BCUT2D eigenvalue weighted by Crippen LogP contribution is 2.23. The molecule has 0 radical (unpaired) electrons. The van der Waals surface area contributed by atoms with Crippen LogP contribution < -0.4 is 0 Å². The zero-order chi connectivity index (χ0) is 12.3. The first-order valence-electron chi connectivity index (χ1n) is 5.49. The Morgan fingerprint density at radius 2 is 2.06 bits per heavy atom. The Morgan fingerprint density at radius 3 is 2.59 bits per heavy atom. The van der Waals surface area contributed by atoms with Gasteiger partial charge >= 0.3 is 0 Å². The summed E-state index contributed by atoms with van der Waals surface area (Å²) in [7, 11) is 0. The minimum Gasteiger partial charge on any atom is -0.339 e. The van der Waals surface area contributed by atoms with Crippen molar-refractivity contribution in [2.45, 2.75) is 6.54 Å². The highest BCUT2D eigenvalue weighted by molar-refractivity contribution is 9.11. The molecule has 94 valence electrons. The van der Waals surface area contributed by atoms with Crippen molar-refractivity contribution in [2.75, 3.05) is 32.1 Å². The van der Waals surface area contributed by atoms with Crippen molar-refractivity contribution in [3.63, 3.8) is 0 Å². The molecule has 3 nitrogen and oxygen atoms in total. The van der Waals surface area contributed by atoms with Crippen LogP contribution >= 0.6 is 38.9 Å². The number of hydrogen-bond acceptors (Lipinski definition) is 3. The first-order valence-corrected chi connectivity index (χ1v) is 7.64. The topological polar surface area (TPSA) is 23.6 Å². The Bertz CT molecular complexity index is 391. The number of alkyl halides is 1. The number of carbonyl (C=O) groups excluding carboxylic acids is 1. The molecular formula is C11H14BrClN2OS. The minimum absolute atomic E-state index is 0.0465. The number of halogens is 2. The van der Waals surface area contributed by atoms with Crippen LogP contribution in [0.25, 0.3) is 0 Å². The van der Waals surface area contributed by atoms with E-state index in [0.29, 0.717) is 0 Å². The van der Waals surface area contributed by atoms with E-state index in [1.54, 1.807) is 11.3 Å². The number of thiophene rings is 1. The van der Waals surface area contributed by atoms with Crippen LogP contribution in [0.5, 0.6) is 0 Å². The third kappa shape index (κ3) is 3.68. The van der Waals surface area contributed by atoms with Gasteiger partial charge < -0.3 is 4.90 Å². The van der Waals surface area contributed by atoms with Crippen molar-refractivity contribution in [2.24, 2.45) is 0 Å². The molecule has 17 heavy (non-hydrogen) atoms. The number of piperazine rings is 1. The average molecular weight is 338 g/mol. The van der Waals surface area contributed by atoms with Crippen LogP contribution in [-0.4, -0.2) is 47.8 Å². The molecule has 0 unspecified atom stereocenters. The Morgan fingerprint density at radius 1 is 1.35 bits per heavy atom. The fourth-order valence-electron chi connectivity index (χ4n) is 1.90. The van der Waals surface area contributed by atoms with Gasteiger partial charge in [-0.1, -0.05) is 0 Å². The summed E-state index contributed by atoms with van der Waals surface area (Å²) in [5, 5.41) is 0. The molecule has 0 aromatic carbocycles. The van der Waals surface area contributed by atoms with Gasteiger partial charge in [-0.2, -0.15) is 0 Å². The zero-order valence-electron chi connectivity index (χ0n) is 9.36. The largest absolute Gasteiger partial charge is 0.339 e. The first kappa shape index (κ1) is 13.3. The molecule has 6 heteroatoms. The lowest BCUT2D eigenvalue weighted by atomic mass is 10.3. The van der Waals surface area contributed by atoms with E-state index in [9.17, 15) is 4.79 Å². The molecule has 2 rings (SSSR count). The summed E-state index contributed by atoms with van der Waals surface area (Å²) >= 11 is 10.8. The molecule has 1 aliphatic rings. The van der Waals surface area contributed by atoms with E-state index in [-0.39, 0.29) is 11.8 Å². The van der Waals surface area contributed by atoms with E-state index in [1.807, 2.05) is 4.90 Å². The van der Waals surface area contributed by atoms with Gasteiger partial charge in [0.05, 0.1) is 3.79 Å². The van der Waals surface area contributed by atoms with E-state index >= 15 is 0 Å². The molecule has 1 saturated heterocycles. The van der Waals surface area contributed by atoms with Gasteiger partial charge in [0.25, 0.3) is 0 Å². The molecule has 0 saturated carbocycles. The van der Waals surface area contributed by atoms with Crippen molar-refractivity contribution in [3.05, 3.63) is 20.8 Å². The lowest BCUT2D eigenvalue weighted by Gasteiger charge is -2.34. The molecule has 0 bridgehead atoms. The lowest BCUT2D eigenvalue weighted by molar-refractivity contribution is -0.130. The van der Waals surface area contributed by atoms with E-state index in [2.05, 4.69) is 33.0 Å². The first-order chi connectivity index (χ1) is 8.19. The smallest absolute Gasteiger partial charge is 0.237 e. The maximum atomic E-state index is 11.4. The Balaban J connectivity index is 1.81. The van der Waals surface area contributed by atoms with Gasteiger partial charge in [0.2, 0.25) is 5.91 Å². The molecule has 0 atom stereocenters. The molecule has 0 aliphatic carbocycles. The van der Waals surface area contributed by atoms with Gasteiger partial charge in [-0.05, 0) is 28.1 Å².